The standard InChI is InChI=1S/C20H25NO/c1-15-7-5-12-20(16(15)2)21-14-17-8-6-11-19(13-17)22-18-9-3-4-10-18/h5-8,11-13,18,21H,3-4,9-10,14H2,1-2H3. The molecule has 2 heteroatoms. The molecule has 1 N–H and O–H groups in total. The molecular weight excluding hydrogens is 270 g/mol. The molecule has 0 aromatic heterocycles. The molecule has 1 saturated carbocycles. The number of anilines is 1. The van der Waals surface area contributed by atoms with Gasteiger partial charge in [0.25, 0.3) is 0 Å². The Balaban J connectivity index is 1.63. The van der Waals surface area contributed by atoms with Crippen molar-refractivity contribution in [2.24, 2.45) is 0 Å². The first kappa shape index (κ1) is 15.0. The van der Waals surface area contributed by atoms with E-state index in [2.05, 4.69) is 61.6 Å². The highest BCUT2D eigenvalue weighted by Gasteiger charge is 2.16. The van der Waals surface area contributed by atoms with Gasteiger partial charge in [-0.15, -0.1) is 0 Å². The van der Waals surface area contributed by atoms with Crippen molar-refractivity contribution >= 4 is 5.69 Å². The van der Waals surface area contributed by atoms with E-state index in [1.807, 2.05) is 0 Å². The fourth-order valence-corrected chi connectivity index (χ4v) is 3.07. The van der Waals surface area contributed by atoms with Crippen molar-refractivity contribution in [2.75, 3.05) is 5.32 Å². The Bertz CT molecular complexity index is 629. The lowest BCUT2D eigenvalue weighted by molar-refractivity contribution is 0.210. The summed E-state index contributed by atoms with van der Waals surface area (Å²) in [4.78, 5) is 0. The third-order valence-electron chi connectivity index (χ3n) is 4.59. The van der Waals surface area contributed by atoms with Gasteiger partial charge in [-0.3, -0.25) is 0 Å². The fourth-order valence-electron chi connectivity index (χ4n) is 3.07. The molecule has 2 nitrogen and oxygen atoms in total. The zero-order valence-electron chi connectivity index (χ0n) is 13.6. The lowest BCUT2D eigenvalue weighted by Crippen LogP contribution is -2.11. The molecule has 0 amide bonds. The Hall–Kier alpha value is -1.96. The fraction of sp³-hybridized carbons (Fsp3) is 0.400. The molecule has 22 heavy (non-hydrogen) atoms. The maximum atomic E-state index is 6.08. The molecule has 0 atom stereocenters. The summed E-state index contributed by atoms with van der Waals surface area (Å²) in [5.41, 5.74) is 5.11. The zero-order chi connectivity index (χ0) is 15.4. The van der Waals surface area contributed by atoms with Gasteiger partial charge < -0.3 is 10.1 Å². The van der Waals surface area contributed by atoms with Crippen molar-refractivity contribution < 1.29 is 4.74 Å². The second kappa shape index (κ2) is 6.87. The monoisotopic (exact) mass is 295 g/mol. The first-order valence-corrected chi connectivity index (χ1v) is 8.28. The highest BCUT2D eigenvalue weighted by molar-refractivity contribution is 5.54. The van der Waals surface area contributed by atoms with Crippen LogP contribution in [0.3, 0.4) is 0 Å². The lowest BCUT2D eigenvalue weighted by atomic mass is 10.1. The molecule has 0 heterocycles. The van der Waals surface area contributed by atoms with Gasteiger partial charge in [0.2, 0.25) is 0 Å². The number of benzene rings is 2. The van der Waals surface area contributed by atoms with E-state index in [0.29, 0.717) is 6.10 Å². The zero-order valence-corrected chi connectivity index (χ0v) is 13.6. The van der Waals surface area contributed by atoms with Crippen molar-refractivity contribution in [3.05, 3.63) is 59.2 Å². The van der Waals surface area contributed by atoms with Crippen LogP contribution in [-0.4, -0.2) is 6.10 Å². The van der Waals surface area contributed by atoms with Gasteiger partial charge >= 0.3 is 0 Å². The number of nitrogens with one attached hydrogen (secondary N) is 1. The number of rotatable bonds is 5. The van der Waals surface area contributed by atoms with E-state index in [1.54, 1.807) is 0 Å². The van der Waals surface area contributed by atoms with Crippen molar-refractivity contribution in [3.8, 4) is 5.75 Å². The summed E-state index contributed by atoms with van der Waals surface area (Å²) in [6.07, 6.45) is 5.43. The van der Waals surface area contributed by atoms with Crippen LogP contribution in [0.2, 0.25) is 0 Å². The first-order chi connectivity index (χ1) is 10.7. The molecule has 2 aromatic carbocycles. The van der Waals surface area contributed by atoms with Crippen LogP contribution in [0.25, 0.3) is 0 Å². The number of ether oxygens (including phenoxy) is 1. The maximum Gasteiger partial charge on any atom is 0.120 e. The van der Waals surface area contributed by atoms with E-state index in [-0.39, 0.29) is 0 Å². The largest absolute Gasteiger partial charge is 0.490 e. The average Bonchev–Trinajstić information content (AvgIpc) is 3.02. The number of hydrogen-bond acceptors (Lipinski definition) is 2. The summed E-state index contributed by atoms with van der Waals surface area (Å²) in [5, 5.41) is 3.54. The van der Waals surface area contributed by atoms with Gasteiger partial charge in [0, 0.05) is 12.2 Å². The quantitative estimate of drug-likeness (QED) is 0.814. The Kier molecular flexibility index (Phi) is 4.67. The molecule has 0 unspecified atom stereocenters. The minimum Gasteiger partial charge on any atom is -0.490 e. The van der Waals surface area contributed by atoms with Crippen LogP contribution in [0.1, 0.15) is 42.4 Å². The Morgan fingerprint density at radius 1 is 1.05 bits per heavy atom. The topological polar surface area (TPSA) is 21.3 Å². The summed E-state index contributed by atoms with van der Waals surface area (Å²) >= 11 is 0. The minimum absolute atomic E-state index is 0.419. The van der Waals surface area contributed by atoms with Crippen molar-refractivity contribution in [2.45, 2.75) is 52.2 Å². The van der Waals surface area contributed by atoms with Crippen LogP contribution in [0.4, 0.5) is 5.69 Å². The van der Waals surface area contributed by atoms with Crippen LogP contribution in [0, 0.1) is 13.8 Å². The van der Waals surface area contributed by atoms with Crippen LogP contribution in [0.15, 0.2) is 42.5 Å². The summed E-state index contributed by atoms with van der Waals surface area (Å²) in [6.45, 7) is 5.14. The summed E-state index contributed by atoms with van der Waals surface area (Å²) < 4.78 is 6.08. The SMILES string of the molecule is Cc1cccc(NCc2cccc(OC3CCCC3)c2)c1C. The van der Waals surface area contributed by atoms with Crippen LogP contribution >= 0.6 is 0 Å². The number of aryl methyl sites for hydroxylation is 1. The van der Waals surface area contributed by atoms with Crippen molar-refractivity contribution in [3.63, 3.8) is 0 Å². The van der Waals surface area contributed by atoms with Crippen molar-refractivity contribution in [1.29, 1.82) is 0 Å². The maximum absolute atomic E-state index is 6.08. The first-order valence-electron chi connectivity index (χ1n) is 8.28. The molecule has 1 fully saturated rings. The lowest BCUT2D eigenvalue weighted by Gasteiger charge is -2.15. The van der Waals surface area contributed by atoms with Crippen LogP contribution in [0.5, 0.6) is 5.75 Å². The van der Waals surface area contributed by atoms with E-state index in [1.165, 1.54) is 48.1 Å². The van der Waals surface area contributed by atoms with Crippen LogP contribution < -0.4 is 10.1 Å². The molecule has 116 valence electrons. The average molecular weight is 295 g/mol. The van der Waals surface area contributed by atoms with Gasteiger partial charge in [-0.05, 0) is 74.4 Å². The molecular formula is C20H25NO. The molecule has 2 aromatic rings. The van der Waals surface area contributed by atoms with Gasteiger partial charge in [-0.25, -0.2) is 0 Å². The Labute approximate surface area is 133 Å². The summed E-state index contributed by atoms with van der Waals surface area (Å²) in [6, 6.07) is 14.9. The molecule has 1 aliphatic rings. The van der Waals surface area contributed by atoms with Gasteiger partial charge in [0.15, 0.2) is 0 Å². The molecule has 0 saturated heterocycles. The Morgan fingerprint density at radius 3 is 2.64 bits per heavy atom. The Morgan fingerprint density at radius 2 is 1.82 bits per heavy atom. The molecule has 0 radical (unpaired) electrons. The molecule has 0 spiro atoms. The second-order valence-electron chi connectivity index (χ2n) is 6.27. The van der Waals surface area contributed by atoms with Crippen molar-refractivity contribution in [1.82, 2.24) is 0 Å². The molecule has 0 aliphatic heterocycles. The minimum atomic E-state index is 0.419. The van der Waals surface area contributed by atoms with Gasteiger partial charge in [-0.1, -0.05) is 24.3 Å². The highest BCUT2D eigenvalue weighted by Crippen LogP contribution is 2.25. The van der Waals surface area contributed by atoms with Gasteiger partial charge in [0.1, 0.15) is 5.75 Å². The van der Waals surface area contributed by atoms with E-state index in [9.17, 15) is 0 Å². The van der Waals surface area contributed by atoms with E-state index >= 15 is 0 Å². The van der Waals surface area contributed by atoms with Gasteiger partial charge in [-0.2, -0.15) is 0 Å². The van der Waals surface area contributed by atoms with E-state index in [0.717, 1.165) is 12.3 Å². The summed E-state index contributed by atoms with van der Waals surface area (Å²) in [7, 11) is 0. The van der Waals surface area contributed by atoms with Crippen LogP contribution in [-0.2, 0) is 6.54 Å². The van der Waals surface area contributed by atoms with E-state index < -0.39 is 0 Å². The highest BCUT2D eigenvalue weighted by atomic mass is 16.5. The number of hydrogen-bond donors (Lipinski definition) is 1. The second-order valence-corrected chi connectivity index (χ2v) is 6.27. The third kappa shape index (κ3) is 3.62. The summed E-state index contributed by atoms with van der Waals surface area (Å²) in [5.74, 6) is 1.01. The smallest absolute Gasteiger partial charge is 0.120 e. The third-order valence-corrected chi connectivity index (χ3v) is 4.59. The van der Waals surface area contributed by atoms with Gasteiger partial charge in [0.05, 0.1) is 6.10 Å². The molecule has 1 aliphatic carbocycles. The molecule has 3 rings (SSSR count). The molecule has 0 bridgehead atoms. The normalized spacial score (nSPS) is 15.0. The predicted octanol–water partition coefficient (Wildman–Crippen LogP) is 5.24. The van der Waals surface area contributed by atoms with E-state index in [4.69, 9.17) is 4.74 Å². The predicted molar refractivity (Wildman–Crippen MR) is 92.6 cm³/mol.